The molecule has 1 N–H and O–H groups in total. The van der Waals surface area contributed by atoms with E-state index in [2.05, 4.69) is 15.4 Å². The Balaban J connectivity index is 1.55. The van der Waals surface area contributed by atoms with Gasteiger partial charge in [0.25, 0.3) is 0 Å². The molecule has 170 valence electrons. The predicted octanol–water partition coefficient (Wildman–Crippen LogP) is 5.57. The summed E-state index contributed by atoms with van der Waals surface area (Å²) in [6.45, 7) is 6.40. The predicted molar refractivity (Wildman–Crippen MR) is 126 cm³/mol. The fourth-order valence-electron chi connectivity index (χ4n) is 3.49. The van der Waals surface area contributed by atoms with Gasteiger partial charge in [0.05, 0.1) is 35.1 Å². The lowest BCUT2D eigenvalue weighted by Crippen LogP contribution is -2.24. The number of benzene rings is 2. The highest BCUT2D eigenvalue weighted by molar-refractivity contribution is 7.13. The number of nitrogens with one attached hydrogen (secondary N) is 1. The molecule has 33 heavy (non-hydrogen) atoms. The van der Waals surface area contributed by atoms with Crippen molar-refractivity contribution in [2.45, 2.75) is 39.3 Å². The largest absolute Gasteiger partial charge is 0.352 e. The monoisotopic (exact) mass is 466 g/mol. The average Bonchev–Trinajstić information content (AvgIpc) is 3.40. The summed E-state index contributed by atoms with van der Waals surface area (Å²) < 4.78 is 28.7. The molecule has 1 amide bonds. The minimum absolute atomic E-state index is 0.116. The fraction of sp³-hybridized carbons (Fsp3) is 0.240. The zero-order valence-electron chi connectivity index (χ0n) is 18.6. The maximum Gasteiger partial charge on any atom is 0.226 e. The van der Waals surface area contributed by atoms with Crippen LogP contribution in [0.15, 0.2) is 60.1 Å². The number of thiazole rings is 1. The quantitative estimate of drug-likeness (QED) is 0.404. The molecule has 8 heteroatoms. The second-order valence-corrected chi connectivity index (χ2v) is 9.58. The molecule has 0 atom stereocenters. The fourth-order valence-corrected chi connectivity index (χ4v) is 4.32. The molecule has 4 aromatic rings. The Morgan fingerprint density at radius 3 is 2.55 bits per heavy atom. The molecule has 2 aromatic carbocycles. The number of hydrogen-bond acceptors (Lipinski definition) is 4. The van der Waals surface area contributed by atoms with E-state index in [1.807, 2.05) is 30.8 Å². The molecular weight excluding hydrogens is 442 g/mol. The van der Waals surface area contributed by atoms with Crippen molar-refractivity contribution in [2.75, 3.05) is 0 Å². The minimum Gasteiger partial charge on any atom is -0.352 e. The first kappa shape index (κ1) is 22.8. The SMILES string of the molecule is CC(C)(C)n1ncc(-c2nc(CC(=O)NCc3cccc(F)c3)cs2)c1-c1ccc(F)cc1. The lowest BCUT2D eigenvalue weighted by atomic mass is 10.0. The second kappa shape index (κ2) is 9.23. The molecule has 0 radical (unpaired) electrons. The summed E-state index contributed by atoms with van der Waals surface area (Å²) in [5.74, 6) is -0.832. The lowest BCUT2D eigenvalue weighted by molar-refractivity contribution is -0.120. The van der Waals surface area contributed by atoms with Crippen LogP contribution in [0.2, 0.25) is 0 Å². The van der Waals surface area contributed by atoms with Crippen molar-refractivity contribution in [3.63, 3.8) is 0 Å². The van der Waals surface area contributed by atoms with E-state index in [1.54, 1.807) is 30.5 Å². The first-order valence-corrected chi connectivity index (χ1v) is 11.4. The van der Waals surface area contributed by atoms with E-state index in [-0.39, 0.29) is 36.0 Å². The van der Waals surface area contributed by atoms with Gasteiger partial charge in [-0.2, -0.15) is 5.10 Å². The van der Waals surface area contributed by atoms with E-state index in [9.17, 15) is 13.6 Å². The topological polar surface area (TPSA) is 59.8 Å². The van der Waals surface area contributed by atoms with Crippen LogP contribution in [0.4, 0.5) is 8.78 Å². The van der Waals surface area contributed by atoms with Crippen LogP contribution in [0.25, 0.3) is 21.8 Å². The molecule has 0 aliphatic carbocycles. The molecule has 0 bridgehead atoms. The first-order valence-electron chi connectivity index (χ1n) is 10.5. The third-order valence-corrected chi connectivity index (χ3v) is 5.95. The standard InChI is InChI=1S/C25H24F2N4OS/c1-25(2,3)31-23(17-7-9-18(26)10-8-17)21(14-29-31)24-30-20(15-33-24)12-22(32)28-13-16-5-4-6-19(27)11-16/h4-11,14-15H,12-13H2,1-3H3,(H,28,32). The van der Waals surface area contributed by atoms with Crippen molar-refractivity contribution < 1.29 is 13.6 Å². The minimum atomic E-state index is -0.335. The van der Waals surface area contributed by atoms with Crippen LogP contribution in [0.5, 0.6) is 0 Å². The maximum atomic E-state index is 13.5. The summed E-state index contributed by atoms with van der Waals surface area (Å²) in [4.78, 5) is 17.0. The highest BCUT2D eigenvalue weighted by Gasteiger charge is 2.24. The van der Waals surface area contributed by atoms with E-state index < -0.39 is 0 Å². The van der Waals surface area contributed by atoms with Gasteiger partial charge in [-0.15, -0.1) is 11.3 Å². The maximum absolute atomic E-state index is 13.5. The molecule has 5 nitrogen and oxygen atoms in total. The molecule has 0 saturated carbocycles. The van der Waals surface area contributed by atoms with Gasteiger partial charge >= 0.3 is 0 Å². The Kier molecular flexibility index (Phi) is 6.37. The summed E-state index contributed by atoms with van der Waals surface area (Å²) in [6, 6.07) is 12.4. The Morgan fingerprint density at radius 1 is 1.09 bits per heavy atom. The summed E-state index contributed by atoms with van der Waals surface area (Å²) in [5, 5.41) is 9.96. The van der Waals surface area contributed by atoms with Crippen LogP contribution in [0, 0.1) is 11.6 Å². The van der Waals surface area contributed by atoms with Crippen molar-refractivity contribution in [2.24, 2.45) is 0 Å². The number of rotatable bonds is 6. The van der Waals surface area contributed by atoms with Gasteiger partial charge in [0.2, 0.25) is 5.91 Å². The van der Waals surface area contributed by atoms with Crippen molar-refractivity contribution in [3.8, 4) is 21.8 Å². The highest BCUT2D eigenvalue weighted by atomic mass is 32.1. The van der Waals surface area contributed by atoms with Gasteiger partial charge in [-0.3, -0.25) is 9.48 Å². The zero-order valence-corrected chi connectivity index (χ0v) is 19.4. The lowest BCUT2D eigenvalue weighted by Gasteiger charge is -2.23. The third kappa shape index (κ3) is 5.34. The summed E-state index contributed by atoms with van der Waals surface area (Å²) in [6.07, 6.45) is 1.88. The molecule has 4 rings (SSSR count). The number of nitrogens with zero attached hydrogens (tertiary/aromatic N) is 3. The Labute approximate surface area is 195 Å². The van der Waals surface area contributed by atoms with Gasteiger partial charge in [0, 0.05) is 17.5 Å². The van der Waals surface area contributed by atoms with Gasteiger partial charge in [0.1, 0.15) is 16.6 Å². The molecule has 0 unspecified atom stereocenters. The van der Waals surface area contributed by atoms with E-state index in [1.165, 1.54) is 35.6 Å². The van der Waals surface area contributed by atoms with Crippen molar-refractivity contribution in [1.29, 1.82) is 0 Å². The number of amides is 1. The van der Waals surface area contributed by atoms with E-state index in [0.29, 0.717) is 11.3 Å². The van der Waals surface area contributed by atoms with Crippen molar-refractivity contribution >= 4 is 17.2 Å². The van der Waals surface area contributed by atoms with Crippen LogP contribution in [-0.4, -0.2) is 20.7 Å². The van der Waals surface area contributed by atoms with Crippen LogP contribution in [0.1, 0.15) is 32.0 Å². The molecular formula is C25H24F2N4OS. The van der Waals surface area contributed by atoms with E-state index in [0.717, 1.165) is 21.8 Å². The Morgan fingerprint density at radius 2 is 1.85 bits per heavy atom. The molecule has 0 aliphatic heterocycles. The molecule has 0 fully saturated rings. The molecule has 2 aromatic heterocycles. The molecule has 0 saturated heterocycles. The normalized spacial score (nSPS) is 11.5. The third-order valence-electron chi connectivity index (χ3n) is 5.02. The average molecular weight is 467 g/mol. The van der Waals surface area contributed by atoms with Crippen LogP contribution >= 0.6 is 11.3 Å². The van der Waals surface area contributed by atoms with Crippen molar-refractivity contribution in [3.05, 3.63) is 83.0 Å². The first-order chi connectivity index (χ1) is 15.7. The summed E-state index contributed by atoms with van der Waals surface area (Å²) >= 11 is 1.43. The number of hydrogen-bond donors (Lipinski definition) is 1. The number of carbonyl (C=O) groups excluding carboxylic acids is 1. The molecule has 0 spiro atoms. The summed E-state index contributed by atoms with van der Waals surface area (Å²) in [5.41, 5.74) is 3.55. The van der Waals surface area contributed by atoms with Gasteiger partial charge in [0.15, 0.2) is 0 Å². The van der Waals surface area contributed by atoms with Gasteiger partial charge in [-0.1, -0.05) is 12.1 Å². The Hall–Kier alpha value is -3.39. The summed E-state index contributed by atoms with van der Waals surface area (Å²) in [7, 11) is 0. The number of halogens is 2. The second-order valence-electron chi connectivity index (χ2n) is 8.72. The van der Waals surface area contributed by atoms with E-state index in [4.69, 9.17) is 0 Å². The smallest absolute Gasteiger partial charge is 0.226 e. The van der Waals surface area contributed by atoms with Crippen LogP contribution in [0.3, 0.4) is 0 Å². The van der Waals surface area contributed by atoms with Gasteiger partial charge < -0.3 is 5.32 Å². The molecule has 0 aliphatic rings. The zero-order chi connectivity index (χ0) is 23.6. The van der Waals surface area contributed by atoms with Crippen LogP contribution in [-0.2, 0) is 23.3 Å². The highest BCUT2D eigenvalue weighted by Crippen LogP contribution is 2.36. The number of aromatic nitrogens is 3. The van der Waals surface area contributed by atoms with Crippen LogP contribution < -0.4 is 5.32 Å². The van der Waals surface area contributed by atoms with E-state index >= 15 is 0 Å². The Bertz CT molecular complexity index is 1270. The van der Waals surface area contributed by atoms with Gasteiger partial charge in [-0.05, 0) is 62.7 Å². The molecule has 2 heterocycles. The van der Waals surface area contributed by atoms with Gasteiger partial charge in [-0.25, -0.2) is 13.8 Å². The van der Waals surface area contributed by atoms with Crippen molar-refractivity contribution in [1.82, 2.24) is 20.1 Å². The number of carbonyl (C=O) groups is 1.